The number of ether oxygens (including phenoxy) is 1. The largest absolute Gasteiger partial charge is 0.497 e. The first kappa shape index (κ1) is 21.7. The predicted octanol–water partition coefficient (Wildman–Crippen LogP) is 5.29. The van der Waals surface area contributed by atoms with Crippen LogP contribution in [0.15, 0.2) is 90.2 Å². The Labute approximate surface area is 180 Å². The molecule has 0 aliphatic heterocycles. The van der Waals surface area contributed by atoms with Gasteiger partial charge in [0.1, 0.15) is 5.75 Å². The summed E-state index contributed by atoms with van der Waals surface area (Å²) in [4.78, 5) is 2.27. The van der Waals surface area contributed by atoms with Crippen LogP contribution in [0.25, 0.3) is 0 Å². The van der Waals surface area contributed by atoms with E-state index in [9.17, 15) is 0 Å². The maximum absolute atomic E-state index is 5.80. The first-order valence-electron chi connectivity index (χ1n) is 10.6. The number of likely N-dealkylation sites (N-methyl/N-ethyl adjacent to an activating group) is 1. The van der Waals surface area contributed by atoms with Crippen molar-refractivity contribution in [2.75, 3.05) is 32.6 Å². The first-order valence-corrected chi connectivity index (χ1v) is 10.6. The zero-order valence-corrected chi connectivity index (χ0v) is 18.1. The molecule has 0 fully saturated rings. The van der Waals surface area contributed by atoms with Gasteiger partial charge in [0.25, 0.3) is 0 Å². The molecule has 2 aromatic rings. The number of rotatable bonds is 10. The van der Waals surface area contributed by atoms with Gasteiger partial charge in [-0.15, -0.1) is 0 Å². The highest BCUT2D eigenvalue weighted by Gasteiger charge is 2.15. The highest BCUT2D eigenvalue weighted by atomic mass is 16.5. The van der Waals surface area contributed by atoms with Crippen molar-refractivity contribution in [2.24, 2.45) is 5.73 Å². The maximum atomic E-state index is 5.80. The van der Waals surface area contributed by atoms with Gasteiger partial charge in [-0.3, -0.25) is 0 Å². The van der Waals surface area contributed by atoms with Crippen LogP contribution in [0.4, 0.5) is 5.69 Å². The molecule has 0 radical (unpaired) electrons. The molecule has 1 unspecified atom stereocenters. The van der Waals surface area contributed by atoms with Gasteiger partial charge in [0.05, 0.1) is 13.2 Å². The molecule has 0 spiro atoms. The molecule has 1 aliphatic rings. The minimum atomic E-state index is 0.211. The average Bonchev–Trinajstić information content (AvgIpc) is 3.03. The molecule has 0 amide bonds. The zero-order chi connectivity index (χ0) is 21.2. The van der Waals surface area contributed by atoms with Crippen molar-refractivity contribution in [3.8, 4) is 5.75 Å². The van der Waals surface area contributed by atoms with E-state index < -0.39 is 0 Å². The number of hydrogen-bond donors (Lipinski definition) is 2. The summed E-state index contributed by atoms with van der Waals surface area (Å²) in [6, 6.07) is 19.0. The van der Waals surface area contributed by atoms with Gasteiger partial charge in [-0.2, -0.15) is 0 Å². The zero-order valence-electron chi connectivity index (χ0n) is 18.1. The molecule has 3 rings (SSSR count). The van der Waals surface area contributed by atoms with Crippen LogP contribution in [0.1, 0.15) is 30.9 Å². The Bertz CT molecular complexity index is 886. The number of anilines is 1. The molecule has 2 aromatic carbocycles. The van der Waals surface area contributed by atoms with Crippen molar-refractivity contribution >= 4 is 5.69 Å². The van der Waals surface area contributed by atoms with Crippen molar-refractivity contribution in [1.29, 1.82) is 0 Å². The molecule has 0 aromatic heterocycles. The summed E-state index contributed by atoms with van der Waals surface area (Å²) >= 11 is 0. The summed E-state index contributed by atoms with van der Waals surface area (Å²) in [5.41, 5.74) is 10.9. The van der Waals surface area contributed by atoms with Crippen LogP contribution in [0, 0.1) is 0 Å². The molecule has 4 heteroatoms. The van der Waals surface area contributed by atoms with Crippen LogP contribution in [-0.2, 0) is 0 Å². The van der Waals surface area contributed by atoms with E-state index in [0.29, 0.717) is 6.54 Å². The Morgan fingerprint density at radius 2 is 1.93 bits per heavy atom. The molecule has 1 aliphatic carbocycles. The van der Waals surface area contributed by atoms with E-state index in [4.69, 9.17) is 10.5 Å². The molecular weight excluding hydrogens is 370 g/mol. The normalized spacial score (nSPS) is 14.4. The molecule has 30 heavy (non-hydrogen) atoms. The second-order valence-corrected chi connectivity index (χ2v) is 7.57. The third-order valence-corrected chi connectivity index (χ3v) is 5.45. The van der Waals surface area contributed by atoms with E-state index in [1.807, 2.05) is 18.2 Å². The fraction of sp³-hybridized carbons (Fsp3) is 0.308. The van der Waals surface area contributed by atoms with E-state index in [0.717, 1.165) is 37.2 Å². The third kappa shape index (κ3) is 6.01. The summed E-state index contributed by atoms with van der Waals surface area (Å²) in [7, 11) is 3.83. The molecule has 0 saturated heterocycles. The number of nitrogens with zero attached hydrogens (tertiary/aromatic N) is 1. The number of allylic oxidation sites excluding steroid dienone is 5. The number of nitrogens with one attached hydrogen (secondary N) is 1. The Morgan fingerprint density at radius 3 is 2.70 bits per heavy atom. The van der Waals surface area contributed by atoms with Gasteiger partial charge in [0.2, 0.25) is 0 Å². The minimum absolute atomic E-state index is 0.211. The number of nitrogens with two attached hydrogens (primary N) is 1. The van der Waals surface area contributed by atoms with E-state index in [1.54, 1.807) is 7.11 Å². The monoisotopic (exact) mass is 403 g/mol. The summed E-state index contributed by atoms with van der Waals surface area (Å²) in [5, 5.41) is 3.72. The topological polar surface area (TPSA) is 50.5 Å². The molecule has 0 saturated carbocycles. The van der Waals surface area contributed by atoms with Gasteiger partial charge >= 0.3 is 0 Å². The average molecular weight is 404 g/mol. The van der Waals surface area contributed by atoms with E-state index in [1.165, 1.54) is 16.8 Å². The number of benzene rings is 2. The van der Waals surface area contributed by atoms with E-state index in [-0.39, 0.29) is 6.04 Å². The lowest BCUT2D eigenvalue weighted by Gasteiger charge is -2.25. The lowest BCUT2D eigenvalue weighted by molar-refractivity contribution is 0.415. The van der Waals surface area contributed by atoms with Gasteiger partial charge in [-0.25, -0.2) is 0 Å². The second-order valence-electron chi connectivity index (χ2n) is 7.57. The minimum Gasteiger partial charge on any atom is -0.497 e. The van der Waals surface area contributed by atoms with E-state index in [2.05, 4.69) is 78.0 Å². The number of hydrogen-bond acceptors (Lipinski definition) is 4. The fourth-order valence-electron chi connectivity index (χ4n) is 3.84. The Balaban J connectivity index is 1.81. The quantitative estimate of drug-likeness (QED) is 0.566. The fourth-order valence-corrected chi connectivity index (χ4v) is 3.84. The SMILES string of the molecule is COc1cccc(NC(CCC2=C(N(C)CCN)C=CC=CC2)c2ccccc2)c1. The Morgan fingerprint density at radius 1 is 1.10 bits per heavy atom. The lowest BCUT2D eigenvalue weighted by Crippen LogP contribution is -2.25. The van der Waals surface area contributed by atoms with Gasteiger partial charge in [0.15, 0.2) is 0 Å². The number of methoxy groups -OCH3 is 1. The highest BCUT2D eigenvalue weighted by molar-refractivity contribution is 5.50. The lowest BCUT2D eigenvalue weighted by atomic mass is 9.96. The standard InChI is InChI=1S/C26H33N3O/c1-29(19-18-27)26-15-8-4-7-12-22(26)16-17-25(21-10-5-3-6-11-21)28-23-13-9-14-24(20-23)30-2/h3-11,13-15,20,25,28H,12,16-19,27H2,1-2H3. The summed E-state index contributed by atoms with van der Waals surface area (Å²) in [6.07, 6.45) is 11.7. The summed E-state index contributed by atoms with van der Waals surface area (Å²) in [5.74, 6) is 0.860. The van der Waals surface area contributed by atoms with Crippen molar-refractivity contribution in [3.63, 3.8) is 0 Å². The molecule has 1 atom stereocenters. The van der Waals surface area contributed by atoms with Crippen molar-refractivity contribution in [3.05, 3.63) is 95.7 Å². The molecule has 0 heterocycles. The summed E-state index contributed by atoms with van der Waals surface area (Å²) in [6.45, 7) is 1.51. The van der Waals surface area contributed by atoms with E-state index >= 15 is 0 Å². The second kappa shape index (κ2) is 11.3. The van der Waals surface area contributed by atoms with Crippen LogP contribution >= 0.6 is 0 Å². The molecule has 4 nitrogen and oxygen atoms in total. The molecular formula is C26H33N3O. The predicted molar refractivity (Wildman–Crippen MR) is 127 cm³/mol. The maximum Gasteiger partial charge on any atom is 0.120 e. The van der Waals surface area contributed by atoms with Crippen LogP contribution in [0.5, 0.6) is 5.75 Å². The van der Waals surface area contributed by atoms with Crippen molar-refractivity contribution in [1.82, 2.24) is 4.90 Å². The molecule has 3 N–H and O–H groups in total. The van der Waals surface area contributed by atoms with Crippen LogP contribution < -0.4 is 15.8 Å². The highest BCUT2D eigenvalue weighted by Crippen LogP contribution is 2.30. The Hall–Kier alpha value is -2.98. The van der Waals surface area contributed by atoms with Gasteiger partial charge in [0, 0.05) is 37.6 Å². The first-order chi connectivity index (χ1) is 14.7. The third-order valence-electron chi connectivity index (χ3n) is 5.45. The van der Waals surface area contributed by atoms with Crippen LogP contribution in [0.2, 0.25) is 0 Å². The smallest absolute Gasteiger partial charge is 0.120 e. The summed E-state index contributed by atoms with van der Waals surface area (Å²) < 4.78 is 5.40. The molecule has 0 bridgehead atoms. The van der Waals surface area contributed by atoms with Gasteiger partial charge < -0.3 is 20.7 Å². The Kier molecular flexibility index (Phi) is 8.16. The van der Waals surface area contributed by atoms with Crippen molar-refractivity contribution < 1.29 is 4.74 Å². The van der Waals surface area contributed by atoms with Gasteiger partial charge in [-0.1, -0.05) is 54.6 Å². The van der Waals surface area contributed by atoms with Gasteiger partial charge in [-0.05, 0) is 48.6 Å². The van der Waals surface area contributed by atoms with Crippen LogP contribution in [0.3, 0.4) is 0 Å². The van der Waals surface area contributed by atoms with Crippen LogP contribution in [-0.4, -0.2) is 32.1 Å². The molecule has 158 valence electrons. The van der Waals surface area contributed by atoms with Crippen molar-refractivity contribution in [2.45, 2.75) is 25.3 Å².